The Morgan fingerprint density at radius 1 is 1.40 bits per heavy atom. The normalized spacial score (nSPS) is 36.3. The van der Waals surface area contributed by atoms with Gasteiger partial charge in [0, 0.05) is 0 Å². The van der Waals surface area contributed by atoms with E-state index in [4.69, 9.17) is 10.5 Å². The number of nitrogens with two attached hydrogens (primary N) is 1. The largest absolute Gasteiger partial charge is 0.375 e. The van der Waals surface area contributed by atoms with Gasteiger partial charge in [-0.15, -0.1) is 0 Å². The van der Waals surface area contributed by atoms with Crippen molar-refractivity contribution in [1.29, 1.82) is 0 Å². The SMILES string of the molecule is NCC1CCC2(CC2)OC1. The molecule has 2 N–H and O–H groups in total. The van der Waals surface area contributed by atoms with Crippen molar-refractivity contribution < 1.29 is 4.74 Å². The average Bonchev–Trinajstić information content (AvgIpc) is 2.72. The molecule has 0 bridgehead atoms. The fourth-order valence-electron chi connectivity index (χ4n) is 1.64. The molecule has 2 heteroatoms. The van der Waals surface area contributed by atoms with Crippen LogP contribution < -0.4 is 5.73 Å². The maximum atomic E-state index is 5.70. The van der Waals surface area contributed by atoms with Gasteiger partial charge >= 0.3 is 0 Å². The fourth-order valence-corrected chi connectivity index (χ4v) is 1.64. The number of hydrogen-bond acceptors (Lipinski definition) is 2. The van der Waals surface area contributed by atoms with Gasteiger partial charge in [-0.1, -0.05) is 0 Å². The van der Waals surface area contributed by atoms with Crippen LogP contribution >= 0.6 is 0 Å². The molecule has 0 amide bonds. The van der Waals surface area contributed by atoms with E-state index < -0.39 is 0 Å². The predicted molar refractivity (Wildman–Crippen MR) is 39.7 cm³/mol. The molecule has 1 unspecified atom stereocenters. The van der Waals surface area contributed by atoms with Gasteiger partial charge in [0.25, 0.3) is 0 Å². The molecule has 1 atom stereocenters. The van der Waals surface area contributed by atoms with Crippen molar-refractivity contribution in [2.45, 2.75) is 31.3 Å². The van der Waals surface area contributed by atoms with Crippen LogP contribution in [0.2, 0.25) is 0 Å². The quantitative estimate of drug-likeness (QED) is 0.589. The third-order valence-electron chi connectivity index (χ3n) is 2.77. The molecule has 1 saturated carbocycles. The van der Waals surface area contributed by atoms with Crippen LogP contribution in [0.4, 0.5) is 0 Å². The van der Waals surface area contributed by atoms with Gasteiger partial charge in [-0.3, -0.25) is 0 Å². The van der Waals surface area contributed by atoms with Crippen molar-refractivity contribution >= 4 is 0 Å². The lowest BCUT2D eigenvalue weighted by Crippen LogP contribution is -2.31. The number of ether oxygens (including phenoxy) is 1. The molecule has 58 valence electrons. The minimum Gasteiger partial charge on any atom is -0.375 e. The van der Waals surface area contributed by atoms with Crippen LogP contribution in [0.15, 0.2) is 0 Å². The number of hydrogen-bond donors (Lipinski definition) is 1. The molecule has 2 aliphatic rings. The summed E-state index contributed by atoms with van der Waals surface area (Å²) < 4.78 is 5.70. The molecule has 2 nitrogen and oxygen atoms in total. The summed E-state index contributed by atoms with van der Waals surface area (Å²) in [5.41, 5.74) is 5.89. The molecule has 0 aromatic heterocycles. The molecule has 1 spiro atoms. The highest BCUT2D eigenvalue weighted by Gasteiger charge is 2.46. The molecule has 0 aromatic carbocycles. The summed E-state index contributed by atoms with van der Waals surface area (Å²) in [6, 6.07) is 0. The minimum atomic E-state index is 0.353. The molecule has 2 fully saturated rings. The second-order valence-electron chi connectivity index (χ2n) is 3.63. The average molecular weight is 141 g/mol. The van der Waals surface area contributed by atoms with Crippen LogP contribution in [0.1, 0.15) is 25.7 Å². The summed E-state index contributed by atoms with van der Waals surface area (Å²) in [4.78, 5) is 0. The van der Waals surface area contributed by atoms with E-state index in [9.17, 15) is 0 Å². The molecule has 1 aliphatic heterocycles. The van der Waals surface area contributed by atoms with Crippen LogP contribution in [0.3, 0.4) is 0 Å². The zero-order valence-electron chi connectivity index (χ0n) is 6.31. The Labute approximate surface area is 61.7 Å². The Bertz CT molecular complexity index is 121. The van der Waals surface area contributed by atoms with E-state index in [1.807, 2.05) is 0 Å². The Morgan fingerprint density at radius 3 is 2.60 bits per heavy atom. The van der Waals surface area contributed by atoms with Crippen LogP contribution in [0, 0.1) is 5.92 Å². The van der Waals surface area contributed by atoms with E-state index in [-0.39, 0.29) is 0 Å². The second-order valence-corrected chi connectivity index (χ2v) is 3.63. The van der Waals surface area contributed by atoms with Gasteiger partial charge < -0.3 is 10.5 Å². The van der Waals surface area contributed by atoms with E-state index in [1.54, 1.807) is 0 Å². The van der Waals surface area contributed by atoms with Crippen molar-refractivity contribution in [3.63, 3.8) is 0 Å². The third-order valence-corrected chi connectivity index (χ3v) is 2.77. The molecule has 1 heterocycles. The zero-order chi connectivity index (χ0) is 7.03. The molecule has 0 radical (unpaired) electrons. The van der Waals surface area contributed by atoms with Gasteiger partial charge in [-0.25, -0.2) is 0 Å². The molecular formula is C8H15NO. The van der Waals surface area contributed by atoms with Gasteiger partial charge in [0.05, 0.1) is 12.2 Å². The lowest BCUT2D eigenvalue weighted by Gasteiger charge is -2.27. The first-order valence-corrected chi connectivity index (χ1v) is 4.19. The van der Waals surface area contributed by atoms with Crippen LogP contribution in [-0.2, 0) is 4.74 Å². The monoisotopic (exact) mass is 141 g/mol. The summed E-state index contributed by atoms with van der Waals surface area (Å²) in [6.07, 6.45) is 5.14. The lowest BCUT2D eigenvalue weighted by atomic mass is 9.97. The van der Waals surface area contributed by atoms with Crippen molar-refractivity contribution in [3.8, 4) is 0 Å². The highest BCUT2D eigenvalue weighted by atomic mass is 16.5. The Morgan fingerprint density at radius 2 is 2.20 bits per heavy atom. The van der Waals surface area contributed by atoms with E-state index in [2.05, 4.69) is 0 Å². The third kappa shape index (κ3) is 1.06. The fraction of sp³-hybridized carbons (Fsp3) is 1.00. The first kappa shape index (κ1) is 6.62. The maximum absolute atomic E-state index is 5.70. The Hall–Kier alpha value is -0.0800. The highest BCUT2D eigenvalue weighted by Crippen LogP contribution is 2.47. The number of rotatable bonds is 1. The smallest absolute Gasteiger partial charge is 0.0685 e. The van der Waals surface area contributed by atoms with Crippen LogP contribution in [0.5, 0.6) is 0 Å². The molecule has 0 aromatic rings. The summed E-state index contributed by atoms with van der Waals surface area (Å²) in [7, 11) is 0. The van der Waals surface area contributed by atoms with Crippen molar-refractivity contribution in [2.75, 3.05) is 13.2 Å². The molecule has 2 rings (SSSR count). The van der Waals surface area contributed by atoms with Crippen LogP contribution in [-0.4, -0.2) is 18.8 Å². The van der Waals surface area contributed by atoms with Crippen LogP contribution in [0.25, 0.3) is 0 Å². The van der Waals surface area contributed by atoms with Crippen molar-refractivity contribution in [3.05, 3.63) is 0 Å². The van der Waals surface area contributed by atoms with E-state index in [0.717, 1.165) is 13.2 Å². The maximum Gasteiger partial charge on any atom is 0.0685 e. The topological polar surface area (TPSA) is 35.2 Å². The summed E-state index contributed by atoms with van der Waals surface area (Å²) in [5, 5.41) is 0. The summed E-state index contributed by atoms with van der Waals surface area (Å²) >= 11 is 0. The standard InChI is InChI=1S/C8H15NO/c9-5-7-1-2-8(3-4-8)10-6-7/h7H,1-6,9H2. The lowest BCUT2D eigenvalue weighted by molar-refractivity contribution is -0.0317. The van der Waals surface area contributed by atoms with E-state index in [1.165, 1.54) is 25.7 Å². The zero-order valence-corrected chi connectivity index (χ0v) is 6.31. The van der Waals surface area contributed by atoms with Gasteiger partial charge in [0.1, 0.15) is 0 Å². The van der Waals surface area contributed by atoms with E-state index >= 15 is 0 Å². The minimum absolute atomic E-state index is 0.353. The molecule has 1 saturated heterocycles. The first-order chi connectivity index (χ1) is 4.85. The van der Waals surface area contributed by atoms with Crippen molar-refractivity contribution in [2.24, 2.45) is 11.7 Å². The predicted octanol–water partition coefficient (Wildman–Crippen LogP) is 0.904. The Kier molecular flexibility index (Phi) is 1.46. The van der Waals surface area contributed by atoms with Gasteiger partial charge in [-0.05, 0) is 38.1 Å². The molecular weight excluding hydrogens is 126 g/mol. The van der Waals surface area contributed by atoms with Gasteiger partial charge in [0.2, 0.25) is 0 Å². The summed E-state index contributed by atoms with van der Waals surface area (Å²) in [5.74, 6) is 0.645. The highest BCUT2D eigenvalue weighted by molar-refractivity contribution is 4.98. The summed E-state index contributed by atoms with van der Waals surface area (Å²) in [6.45, 7) is 1.71. The molecule has 1 aliphatic carbocycles. The van der Waals surface area contributed by atoms with E-state index in [0.29, 0.717) is 11.5 Å². The molecule has 10 heavy (non-hydrogen) atoms. The van der Waals surface area contributed by atoms with Gasteiger partial charge in [-0.2, -0.15) is 0 Å². The first-order valence-electron chi connectivity index (χ1n) is 4.19. The van der Waals surface area contributed by atoms with Gasteiger partial charge in [0.15, 0.2) is 0 Å². The van der Waals surface area contributed by atoms with Crippen molar-refractivity contribution in [1.82, 2.24) is 0 Å². The Balaban J connectivity index is 1.84. The second kappa shape index (κ2) is 2.21.